The largest absolute Gasteiger partial charge is 0.377 e. The van der Waals surface area contributed by atoms with E-state index >= 15 is 0 Å². The summed E-state index contributed by atoms with van der Waals surface area (Å²) in [7, 11) is 0. The molecule has 104 valence electrons. The van der Waals surface area contributed by atoms with Crippen LogP contribution in [0.5, 0.6) is 0 Å². The standard InChI is InChI=1S/C14H27N3O/c1-2-3-4-5-9-16-14(15)17-10-6-13-7-11-18-12-8-13/h7H,2-6,8-12H2,1H3,(H3,15,16,17). The van der Waals surface area contributed by atoms with Gasteiger partial charge in [0.2, 0.25) is 0 Å². The van der Waals surface area contributed by atoms with Gasteiger partial charge in [-0.1, -0.05) is 37.8 Å². The molecular formula is C14H27N3O. The minimum Gasteiger partial charge on any atom is -0.377 e. The topological polar surface area (TPSA) is 59.6 Å². The van der Waals surface area contributed by atoms with E-state index in [0.29, 0.717) is 5.96 Å². The number of aliphatic imine (C=N–C) groups is 1. The van der Waals surface area contributed by atoms with Gasteiger partial charge in [0.05, 0.1) is 13.2 Å². The molecule has 0 aliphatic carbocycles. The Labute approximate surface area is 111 Å². The number of rotatable bonds is 8. The highest BCUT2D eigenvalue weighted by atomic mass is 16.5. The van der Waals surface area contributed by atoms with Crippen LogP contribution in [0.25, 0.3) is 0 Å². The SMILES string of the molecule is CCCCCCN=C(N)NCCC1=CCOCC1. The summed E-state index contributed by atoms with van der Waals surface area (Å²) in [6, 6.07) is 0. The van der Waals surface area contributed by atoms with Crippen molar-refractivity contribution < 1.29 is 4.74 Å². The number of guanidine groups is 1. The van der Waals surface area contributed by atoms with Gasteiger partial charge in [0.25, 0.3) is 0 Å². The van der Waals surface area contributed by atoms with Crippen LogP contribution in [0.15, 0.2) is 16.6 Å². The summed E-state index contributed by atoms with van der Waals surface area (Å²) in [5, 5.41) is 3.17. The van der Waals surface area contributed by atoms with E-state index in [2.05, 4.69) is 23.3 Å². The first-order chi connectivity index (χ1) is 8.83. The van der Waals surface area contributed by atoms with Crippen molar-refractivity contribution in [2.24, 2.45) is 10.7 Å². The quantitative estimate of drug-likeness (QED) is 0.302. The monoisotopic (exact) mass is 253 g/mol. The molecule has 0 saturated carbocycles. The molecule has 1 aliphatic rings. The van der Waals surface area contributed by atoms with Crippen molar-refractivity contribution in [3.05, 3.63) is 11.6 Å². The fourth-order valence-corrected chi connectivity index (χ4v) is 1.94. The first-order valence-electron chi connectivity index (χ1n) is 7.12. The van der Waals surface area contributed by atoms with Crippen LogP contribution in [0.2, 0.25) is 0 Å². The van der Waals surface area contributed by atoms with Gasteiger partial charge < -0.3 is 15.8 Å². The summed E-state index contributed by atoms with van der Waals surface area (Å²) in [5.41, 5.74) is 7.26. The van der Waals surface area contributed by atoms with Gasteiger partial charge in [0.15, 0.2) is 5.96 Å². The lowest BCUT2D eigenvalue weighted by Crippen LogP contribution is -2.32. The van der Waals surface area contributed by atoms with Gasteiger partial charge in [0.1, 0.15) is 0 Å². The molecule has 0 aromatic rings. The van der Waals surface area contributed by atoms with Crippen LogP contribution >= 0.6 is 0 Å². The smallest absolute Gasteiger partial charge is 0.188 e. The normalized spacial score (nSPS) is 16.5. The molecule has 0 atom stereocenters. The molecule has 18 heavy (non-hydrogen) atoms. The average Bonchev–Trinajstić information content (AvgIpc) is 2.40. The predicted molar refractivity (Wildman–Crippen MR) is 76.8 cm³/mol. The number of nitrogens with one attached hydrogen (secondary N) is 1. The van der Waals surface area contributed by atoms with Gasteiger partial charge in [-0.05, 0) is 19.3 Å². The van der Waals surface area contributed by atoms with E-state index in [1.54, 1.807) is 0 Å². The molecule has 0 aromatic heterocycles. The molecule has 0 bridgehead atoms. The Bertz CT molecular complexity index is 274. The molecule has 1 rings (SSSR count). The molecule has 3 N–H and O–H groups in total. The van der Waals surface area contributed by atoms with E-state index in [0.717, 1.165) is 45.6 Å². The third-order valence-electron chi connectivity index (χ3n) is 3.10. The highest BCUT2D eigenvalue weighted by molar-refractivity contribution is 5.77. The van der Waals surface area contributed by atoms with Crippen molar-refractivity contribution in [1.82, 2.24) is 5.32 Å². The summed E-state index contributed by atoms with van der Waals surface area (Å²) in [6.07, 6.45) is 9.20. The highest BCUT2D eigenvalue weighted by Gasteiger charge is 2.03. The Hall–Kier alpha value is -1.03. The lowest BCUT2D eigenvalue weighted by atomic mass is 10.1. The summed E-state index contributed by atoms with van der Waals surface area (Å²) in [4.78, 5) is 4.32. The second kappa shape index (κ2) is 9.95. The van der Waals surface area contributed by atoms with E-state index in [-0.39, 0.29) is 0 Å². The lowest BCUT2D eigenvalue weighted by molar-refractivity contribution is 0.153. The van der Waals surface area contributed by atoms with Crippen LogP contribution in [0.3, 0.4) is 0 Å². The van der Waals surface area contributed by atoms with Crippen LogP contribution in [0.4, 0.5) is 0 Å². The van der Waals surface area contributed by atoms with Crippen molar-refractivity contribution in [1.29, 1.82) is 0 Å². The summed E-state index contributed by atoms with van der Waals surface area (Å²) < 4.78 is 5.27. The van der Waals surface area contributed by atoms with Gasteiger partial charge >= 0.3 is 0 Å². The molecule has 4 nitrogen and oxygen atoms in total. The highest BCUT2D eigenvalue weighted by Crippen LogP contribution is 2.10. The van der Waals surface area contributed by atoms with Crippen molar-refractivity contribution >= 4 is 5.96 Å². The van der Waals surface area contributed by atoms with E-state index in [9.17, 15) is 0 Å². The fraction of sp³-hybridized carbons (Fsp3) is 0.786. The van der Waals surface area contributed by atoms with Crippen LogP contribution in [0, 0.1) is 0 Å². The first kappa shape index (κ1) is 15.0. The second-order valence-electron chi connectivity index (χ2n) is 4.69. The molecule has 0 spiro atoms. The van der Waals surface area contributed by atoms with Crippen molar-refractivity contribution in [2.45, 2.75) is 45.4 Å². The van der Waals surface area contributed by atoms with Gasteiger partial charge in [-0.3, -0.25) is 4.99 Å². The second-order valence-corrected chi connectivity index (χ2v) is 4.69. The maximum absolute atomic E-state index is 5.80. The summed E-state index contributed by atoms with van der Waals surface area (Å²) in [6.45, 7) is 5.54. The van der Waals surface area contributed by atoms with Gasteiger partial charge in [-0.15, -0.1) is 0 Å². The molecule has 0 radical (unpaired) electrons. The Morgan fingerprint density at radius 1 is 1.44 bits per heavy atom. The third-order valence-corrected chi connectivity index (χ3v) is 3.10. The molecule has 0 amide bonds. The van der Waals surface area contributed by atoms with E-state index in [4.69, 9.17) is 10.5 Å². The molecule has 1 heterocycles. The van der Waals surface area contributed by atoms with Crippen LogP contribution in [-0.2, 0) is 4.74 Å². The minimum absolute atomic E-state index is 0.583. The average molecular weight is 253 g/mol. The fourth-order valence-electron chi connectivity index (χ4n) is 1.94. The van der Waals surface area contributed by atoms with Gasteiger partial charge in [-0.2, -0.15) is 0 Å². The van der Waals surface area contributed by atoms with Crippen LogP contribution < -0.4 is 11.1 Å². The summed E-state index contributed by atoms with van der Waals surface area (Å²) in [5.74, 6) is 0.583. The molecule has 0 saturated heterocycles. The zero-order valence-electron chi connectivity index (χ0n) is 11.6. The van der Waals surface area contributed by atoms with E-state index in [1.165, 1.54) is 24.8 Å². The number of nitrogens with zero attached hydrogens (tertiary/aromatic N) is 1. The molecule has 4 heteroatoms. The number of hydrogen-bond donors (Lipinski definition) is 2. The Morgan fingerprint density at radius 3 is 3.06 bits per heavy atom. The predicted octanol–water partition coefficient (Wildman–Crippen LogP) is 2.21. The Kier molecular flexibility index (Phi) is 8.30. The number of unbranched alkanes of at least 4 members (excludes halogenated alkanes) is 3. The molecular weight excluding hydrogens is 226 g/mol. The van der Waals surface area contributed by atoms with Gasteiger partial charge in [-0.25, -0.2) is 0 Å². The van der Waals surface area contributed by atoms with Crippen molar-refractivity contribution in [3.8, 4) is 0 Å². The lowest BCUT2D eigenvalue weighted by Gasteiger charge is -2.13. The number of nitrogens with two attached hydrogens (primary N) is 1. The molecule has 1 aliphatic heterocycles. The zero-order valence-corrected chi connectivity index (χ0v) is 11.6. The van der Waals surface area contributed by atoms with Crippen molar-refractivity contribution in [3.63, 3.8) is 0 Å². The van der Waals surface area contributed by atoms with Crippen molar-refractivity contribution in [2.75, 3.05) is 26.3 Å². The Morgan fingerprint density at radius 2 is 2.33 bits per heavy atom. The number of hydrogen-bond acceptors (Lipinski definition) is 2. The third kappa shape index (κ3) is 7.33. The summed E-state index contributed by atoms with van der Waals surface area (Å²) >= 11 is 0. The maximum Gasteiger partial charge on any atom is 0.188 e. The van der Waals surface area contributed by atoms with Gasteiger partial charge in [0, 0.05) is 13.1 Å². The van der Waals surface area contributed by atoms with E-state index in [1.807, 2.05) is 0 Å². The molecule has 0 aromatic carbocycles. The van der Waals surface area contributed by atoms with Crippen LogP contribution in [-0.4, -0.2) is 32.3 Å². The minimum atomic E-state index is 0.583. The Balaban J connectivity index is 2.03. The van der Waals surface area contributed by atoms with Crippen LogP contribution in [0.1, 0.15) is 45.4 Å². The molecule has 0 unspecified atom stereocenters. The first-order valence-corrected chi connectivity index (χ1v) is 7.12. The maximum atomic E-state index is 5.80. The number of ether oxygens (including phenoxy) is 1. The van der Waals surface area contributed by atoms with E-state index < -0.39 is 0 Å². The zero-order chi connectivity index (χ0) is 13.1. The molecule has 0 fully saturated rings.